The van der Waals surface area contributed by atoms with Gasteiger partial charge in [0.1, 0.15) is 0 Å². The molecule has 0 saturated carbocycles. The largest absolute Gasteiger partial charge is 0.493 e. The maximum Gasteiger partial charge on any atom is 0.244 e. The van der Waals surface area contributed by atoms with Gasteiger partial charge in [0.15, 0.2) is 11.5 Å². The van der Waals surface area contributed by atoms with Crippen LogP contribution < -0.4 is 20.1 Å². The zero-order valence-corrected chi connectivity index (χ0v) is 15.7. The number of methoxy groups -OCH3 is 2. The third-order valence-corrected chi connectivity index (χ3v) is 3.82. The highest BCUT2D eigenvalue weighted by Crippen LogP contribution is 2.27. The zero-order valence-electron chi connectivity index (χ0n) is 15.7. The first-order chi connectivity index (χ1) is 13.0. The molecule has 0 aromatic heterocycles. The van der Waals surface area contributed by atoms with E-state index in [1.165, 1.54) is 13.0 Å². The fourth-order valence-corrected chi connectivity index (χ4v) is 2.48. The fraction of sp³-hybridized carbons (Fsp3) is 0.238. The highest BCUT2D eigenvalue weighted by atomic mass is 16.5. The molecule has 0 spiro atoms. The molecule has 0 bridgehead atoms. The molecule has 0 fully saturated rings. The lowest BCUT2D eigenvalue weighted by Crippen LogP contribution is -2.23. The average molecular weight is 368 g/mol. The maximum absolute atomic E-state index is 11.9. The molecule has 6 nitrogen and oxygen atoms in total. The van der Waals surface area contributed by atoms with Crippen molar-refractivity contribution in [2.24, 2.45) is 0 Å². The first kappa shape index (κ1) is 20.0. The summed E-state index contributed by atoms with van der Waals surface area (Å²) in [6.45, 7) is 1.97. The number of nitrogens with one attached hydrogen (secondary N) is 2. The van der Waals surface area contributed by atoms with E-state index in [4.69, 9.17) is 9.47 Å². The number of benzene rings is 2. The molecule has 0 aliphatic carbocycles. The van der Waals surface area contributed by atoms with Gasteiger partial charge in [-0.05, 0) is 47.9 Å². The lowest BCUT2D eigenvalue weighted by Gasteiger charge is -2.09. The van der Waals surface area contributed by atoms with Gasteiger partial charge < -0.3 is 20.1 Å². The number of ether oxygens (including phenoxy) is 2. The van der Waals surface area contributed by atoms with Gasteiger partial charge in [-0.3, -0.25) is 9.59 Å². The Kier molecular flexibility index (Phi) is 7.43. The van der Waals surface area contributed by atoms with E-state index in [9.17, 15) is 9.59 Å². The van der Waals surface area contributed by atoms with E-state index < -0.39 is 0 Å². The Labute approximate surface area is 159 Å². The predicted molar refractivity (Wildman–Crippen MR) is 106 cm³/mol. The summed E-state index contributed by atoms with van der Waals surface area (Å²) in [5, 5.41) is 5.55. The summed E-state index contributed by atoms with van der Waals surface area (Å²) in [6, 6.07) is 12.9. The van der Waals surface area contributed by atoms with E-state index in [0.717, 1.165) is 16.8 Å². The fourth-order valence-electron chi connectivity index (χ4n) is 2.48. The Morgan fingerprint density at radius 2 is 1.70 bits per heavy atom. The van der Waals surface area contributed by atoms with Gasteiger partial charge in [-0.1, -0.05) is 18.2 Å². The van der Waals surface area contributed by atoms with Crippen LogP contribution in [0.25, 0.3) is 6.08 Å². The highest BCUT2D eigenvalue weighted by Gasteiger charge is 2.04. The van der Waals surface area contributed by atoms with Crippen LogP contribution in [0.3, 0.4) is 0 Å². The summed E-state index contributed by atoms with van der Waals surface area (Å²) < 4.78 is 10.5. The van der Waals surface area contributed by atoms with Crippen molar-refractivity contribution in [1.29, 1.82) is 0 Å². The van der Waals surface area contributed by atoms with Gasteiger partial charge in [0, 0.05) is 25.2 Å². The second kappa shape index (κ2) is 10.0. The minimum Gasteiger partial charge on any atom is -0.493 e. The van der Waals surface area contributed by atoms with Crippen molar-refractivity contribution in [2.75, 3.05) is 26.1 Å². The summed E-state index contributed by atoms with van der Waals surface area (Å²) in [4.78, 5) is 22.9. The minimum atomic E-state index is -0.165. The van der Waals surface area contributed by atoms with E-state index in [1.54, 1.807) is 32.4 Å². The molecule has 2 aromatic carbocycles. The third-order valence-electron chi connectivity index (χ3n) is 3.82. The van der Waals surface area contributed by atoms with Crippen molar-refractivity contribution in [3.63, 3.8) is 0 Å². The molecule has 0 saturated heterocycles. The molecule has 142 valence electrons. The second-order valence-corrected chi connectivity index (χ2v) is 5.87. The maximum atomic E-state index is 11.9. The van der Waals surface area contributed by atoms with E-state index >= 15 is 0 Å². The van der Waals surface area contributed by atoms with Gasteiger partial charge >= 0.3 is 0 Å². The van der Waals surface area contributed by atoms with Crippen molar-refractivity contribution in [3.8, 4) is 11.5 Å². The monoisotopic (exact) mass is 368 g/mol. The van der Waals surface area contributed by atoms with Crippen LogP contribution in [0.1, 0.15) is 18.1 Å². The molecule has 0 atom stereocenters. The molecule has 0 aliphatic rings. The molecule has 2 amide bonds. The molecule has 0 heterocycles. The van der Waals surface area contributed by atoms with Crippen LogP contribution in [-0.4, -0.2) is 32.6 Å². The van der Waals surface area contributed by atoms with Crippen molar-refractivity contribution >= 4 is 23.6 Å². The highest BCUT2D eigenvalue weighted by molar-refractivity contribution is 5.92. The SMILES string of the molecule is COc1ccc(CCNC(=O)/C=C/c2ccc(NC(C)=O)cc2)cc1OC. The van der Waals surface area contributed by atoms with Crippen LogP contribution in [0, 0.1) is 0 Å². The lowest BCUT2D eigenvalue weighted by molar-refractivity contribution is -0.116. The summed E-state index contributed by atoms with van der Waals surface area (Å²) in [6.07, 6.45) is 3.90. The number of hydrogen-bond acceptors (Lipinski definition) is 4. The van der Waals surface area contributed by atoms with E-state index in [0.29, 0.717) is 24.5 Å². The molecule has 2 aromatic rings. The zero-order chi connectivity index (χ0) is 19.6. The number of carbonyl (C=O) groups excluding carboxylic acids is 2. The Hall–Kier alpha value is -3.28. The molecule has 0 aliphatic heterocycles. The van der Waals surface area contributed by atoms with Crippen molar-refractivity contribution < 1.29 is 19.1 Å². The van der Waals surface area contributed by atoms with Crippen LogP contribution in [0.15, 0.2) is 48.5 Å². The number of hydrogen-bond donors (Lipinski definition) is 2. The predicted octanol–water partition coefficient (Wildman–Crippen LogP) is 3.03. The molecule has 27 heavy (non-hydrogen) atoms. The van der Waals surface area contributed by atoms with Crippen LogP contribution in [0.4, 0.5) is 5.69 Å². The average Bonchev–Trinajstić information content (AvgIpc) is 2.67. The van der Waals surface area contributed by atoms with Crippen LogP contribution >= 0.6 is 0 Å². The van der Waals surface area contributed by atoms with Gasteiger partial charge in [-0.15, -0.1) is 0 Å². The van der Waals surface area contributed by atoms with E-state index in [2.05, 4.69) is 10.6 Å². The first-order valence-corrected chi connectivity index (χ1v) is 8.56. The van der Waals surface area contributed by atoms with Gasteiger partial charge in [-0.2, -0.15) is 0 Å². The van der Waals surface area contributed by atoms with E-state index in [1.807, 2.05) is 30.3 Å². The smallest absolute Gasteiger partial charge is 0.244 e. The topological polar surface area (TPSA) is 76.7 Å². The van der Waals surface area contributed by atoms with Crippen molar-refractivity contribution in [2.45, 2.75) is 13.3 Å². The number of rotatable bonds is 8. The number of amides is 2. The molecular formula is C21H24N2O4. The van der Waals surface area contributed by atoms with E-state index in [-0.39, 0.29) is 11.8 Å². The molecule has 0 unspecified atom stereocenters. The van der Waals surface area contributed by atoms with Crippen LogP contribution in [0.5, 0.6) is 11.5 Å². The third kappa shape index (κ3) is 6.51. The Morgan fingerprint density at radius 3 is 2.33 bits per heavy atom. The Bertz CT molecular complexity index is 813. The Balaban J connectivity index is 1.82. The molecule has 0 radical (unpaired) electrons. The second-order valence-electron chi connectivity index (χ2n) is 5.87. The normalized spacial score (nSPS) is 10.5. The van der Waals surface area contributed by atoms with Gasteiger partial charge in [0.05, 0.1) is 14.2 Å². The summed E-state index contributed by atoms with van der Waals surface area (Å²) in [5.74, 6) is 1.07. The van der Waals surface area contributed by atoms with Crippen LogP contribution in [0.2, 0.25) is 0 Å². The van der Waals surface area contributed by atoms with Gasteiger partial charge in [0.2, 0.25) is 11.8 Å². The van der Waals surface area contributed by atoms with Gasteiger partial charge in [0.25, 0.3) is 0 Å². The first-order valence-electron chi connectivity index (χ1n) is 8.56. The lowest BCUT2D eigenvalue weighted by atomic mass is 10.1. The molecule has 6 heteroatoms. The van der Waals surface area contributed by atoms with Crippen LogP contribution in [-0.2, 0) is 16.0 Å². The molecule has 2 rings (SSSR count). The summed E-state index contributed by atoms with van der Waals surface area (Å²) in [7, 11) is 3.19. The quantitative estimate of drug-likeness (QED) is 0.702. The van der Waals surface area contributed by atoms with Crippen molar-refractivity contribution in [1.82, 2.24) is 5.32 Å². The number of anilines is 1. The minimum absolute atomic E-state index is 0.118. The molecular weight excluding hydrogens is 344 g/mol. The van der Waals surface area contributed by atoms with Crippen molar-refractivity contribution in [3.05, 3.63) is 59.7 Å². The van der Waals surface area contributed by atoms with Gasteiger partial charge in [-0.25, -0.2) is 0 Å². The molecule has 2 N–H and O–H groups in total. The summed E-state index contributed by atoms with van der Waals surface area (Å²) >= 11 is 0. The Morgan fingerprint density at radius 1 is 1.00 bits per heavy atom. The number of carbonyl (C=O) groups is 2. The standard InChI is InChI=1S/C21H24N2O4/c1-15(24)23-18-8-4-16(5-9-18)7-11-21(25)22-13-12-17-6-10-19(26-2)20(14-17)27-3/h4-11,14H,12-13H2,1-3H3,(H,22,25)(H,23,24)/b11-7+. The summed E-state index contributed by atoms with van der Waals surface area (Å²) in [5.41, 5.74) is 2.64.